The van der Waals surface area contributed by atoms with E-state index >= 15 is 0 Å². The van der Waals surface area contributed by atoms with Gasteiger partial charge in [-0.15, -0.1) is 0 Å². The van der Waals surface area contributed by atoms with Gasteiger partial charge in [0.2, 0.25) is 5.91 Å². The first-order chi connectivity index (χ1) is 20.1. The van der Waals surface area contributed by atoms with Crippen molar-refractivity contribution in [1.29, 1.82) is 0 Å². The first kappa shape index (κ1) is 29.6. The number of benzene rings is 2. The number of fused-ring (bicyclic) bond motifs is 4. The maximum atomic E-state index is 13.7. The highest BCUT2D eigenvalue weighted by atomic mass is 35.5. The van der Waals surface area contributed by atoms with E-state index in [0.29, 0.717) is 63.2 Å². The first-order valence-corrected chi connectivity index (χ1v) is 14.4. The van der Waals surface area contributed by atoms with E-state index in [0.717, 1.165) is 5.56 Å². The molecule has 4 aromatic rings. The smallest absolute Gasteiger partial charge is 0.254 e. The van der Waals surface area contributed by atoms with Crippen molar-refractivity contribution in [3.05, 3.63) is 105 Å². The van der Waals surface area contributed by atoms with Gasteiger partial charge in [-0.05, 0) is 60.9 Å². The zero-order valence-electron chi connectivity index (χ0n) is 22.6. The molecule has 1 aliphatic heterocycles. The van der Waals surface area contributed by atoms with Crippen molar-refractivity contribution in [2.24, 2.45) is 17.5 Å². The van der Waals surface area contributed by atoms with Crippen LogP contribution in [0.2, 0.25) is 10.0 Å². The fraction of sp³-hybridized carbons (Fsp3) is 0.200. The molecule has 42 heavy (non-hydrogen) atoms. The predicted molar refractivity (Wildman–Crippen MR) is 168 cm³/mol. The van der Waals surface area contributed by atoms with Crippen LogP contribution in [0.5, 0.6) is 0 Å². The predicted octanol–water partition coefficient (Wildman–Crippen LogP) is 6.30. The van der Waals surface area contributed by atoms with Crippen LogP contribution in [0.3, 0.4) is 0 Å². The minimum atomic E-state index is -0.441. The Kier molecular flexibility index (Phi) is 8.84. The summed E-state index contributed by atoms with van der Waals surface area (Å²) >= 11 is 18.7. The summed E-state index contributed by atoms with van der Waals surface area (Å²) in [5.74, 6) is 5.80. The van der Waals surface area contributed by atoms with Crippen LogP contribution in [0.15, 0.2) is 83.3 Å². The fourth-order valence-corrected chi connectivity index (χ4v) is 5.63. The Morgan fingerprint density at radius 2 is 1.90 bits per heavy atom. The number of halogens is 3. The lowest BCUT2D eigenvalue weighted by Crippen LogP contribution is -2.28. The van der Waals surface area contributed by atoms with Gasteiger partial charge in [-0.25, -0.2) is 10.8 Å². The lowest BCUT2D eigenvalue weighted by Gasteiger charge is -2.23. The van der Waals surface area contributed by atoms with Crippen LogP contribution in [0, 0.1) is 5.92 Å². The number of nitrogens with two attached hydrogens (primary N) is 2. The van der Waals surface area contributed by atoms with Crippen LogP contribution in [-0.2, 0) is 4.79 Å². The Labute approximate surface area is 257 Å². The molecular formula is C30H28Cl3N7O2. The number of rotatable bonds is 4. The number of hydrogen-bond acceptors (Lipinski definition) is 7. The van der Waals surface area contributed by atoms with Crippen LogP contribution in [0.1, 0.15) is 37.9 Å². The molecule has 5 rings (SSSR count). The first-order valence-electron chi connectivity index (χ1n) is 13.2. The molecule has 0 spiro atoms. The number of anilines is 2. The minimum absolute atomic E-state index is 0.0188. The van der Waals surface area contributed by atoms with E-state index in [1.807, 2.05) is 25.1 Å². The highest BCUT2D eigenvalue weighted by molar-refractivity contribution is 6.34. The van der Waals surface area contributed by atoms with Crippen LogP contribution < -0.4 is 27.5 Å². The second kappa shape index (κ2) is 12.5. The second-order valence-corrected chi connectivity index (χ2v) is 11.4. The van der Waals surface area contributed by atoms with Gasteiger partial charge in [0.05, 0.1) is 46.4 Å². The number of nitrogens with zero attached hydrogens (tertiary/aromatic N) is 4. The quantitative estimate of drug-likeness (QED) is 0.138. The van der Waals surface area contributed by atoms with E-state index in [4.69, 9.17) is 46.4 Å². The van der Waals surface area contributed by atoms with Gasteiger partial charge in [0.25, 0.3) is 5.56 Å². The van der Waals surface area contributed by atoms with Crippen molar-refractivity contribution < 1.29 is 4.79 Å². The van der Waals surface area contributed by atoms with E-state index in [-0.39, 0.29) is 22.5 Å². The summed E-state index contributed by atoms with van der Waals surface area (Å²) in [5.41, 5.74) is 9.44. The average molecular weight is 625 g/mol. The third-order valence-corrected chi connectivity index (χ3v) is 7.84. The molecule has 216 valence electrons. The summed E-state index contributed by atoms with van der Waals surface area (Å²) in [4.78, 5) is 35.9. The molecular weight excluding hydrogens is 597 g/mol. The summed E-state index contributed by atoms with van der Waals surface area (Å²) in [6.45, 7) is 1.89. The molecule has 0 saturated carbocycles. The van der Waals surface area contributed by atoms with Gasteiger partial charge in [0.15, 0.2) is 0 Å². The van der Waals surface area contributed by atoms with Gasteiger partial charge < -0.3 is 11.1 Å². The number of nitrogens with one attached hydrogen (secondary N) is 1. The van der Waals surface area contributed by atoms with Gasteiger partial charge in [-0.2, -0.15) is 0 Å². The van der Waals surface area contributed by atoms with Crippen molar-refractivity contribution in [3.8, 4) is 22.4 Å². The van der Waals surface area contributed by atoms with Crippen LogP contribution >= 0.6 is 34.8 Å². The molecule has 0 aliphatic carbocycles. The van der Waals surface area contributed by atoms with Gasteiger partial charge >= 0.3 is 0 Å². The Balaban J connectivity index is 1.60. The standard InChI is InChI=1S/C30H28Cl3N7O2/c1-17-4-2-7-26(24-12-18(10-11-36-24)29-21(32)5-3-6-22(29)38-30(17)42)39-16-37-23(14-28(39)41)20-13-19(31)8-9-25(20)40(35)15-27(33)34/h3,5-6,8-17,26H,2,4,7,34-35H2,1H3,(H,38,42)/b27-15-. The second-order valence-electron chi connectivity index (χ2n) is 10.1. The number of amides is 1. The summed E-state index contributed by atoms with van der Waals surface area (Å²) in [6.07, 6.45) is 6.37. The van der Waals surface area contributed by atoms with E-state index in [1.54, 1.807) is 41.1 Å². The van der Waals surface area contributed by atoms with Crippen molar-refractivity contribution in [3.63, 3.8) is 0 Å². The van der Waals surface area contributed by atoms with Gasteiger partial charge in [0.1, 0.15) is 5.16 Å². The van der Waals surface area contributed by atoms with Crippen LogP contribution in [0.25, 0.3) is 22.4 Å². The number of hydrazine groups is 1. The molecule has 9 nitrogen and oxygen atoms in total. The SMILES string of the molecule is CC1CCCC(n2cnc(-c3cc(Cl)ccc3N(N)/C=C(\N)Cl)cc2=O)c2cc(ccn2)-c2c(Cl)cccc2NC1=O. The van der Waals surface area contributed by atoms with Gasteiger partial charge in [-0.3, -0.25) is 24.1 Å². The maximum absolute atomic E-state index is 13.7. The lowest BCUT2D eigenvalue weighted by atomic mass is 9.95. The minimum Gasteiger partial charge on any atom is -0.388 e. The molecule has 3 heterocycles. The van der Waals surface area contributed by atoms with E-state index < -0.39 is 6.04 Å². The molecule has 0 saturated heterocycles. The van der Waals surface area contributed by atoms with Crippen molar-refractivity contribution in [1.82, 2.24) is 14.5 Å². The molecule has 2 bridgehead atoms. The Bertz CT molecular complexity index is 1740. The molecule has 5 N–H and O–H groups in total. The molecule has 12 heteroatoms. The fourth-order valence-electron chi connectivity index (χ4n) is 5.07. The van der Waals surface area contributed by atoms with Gasteiger partial charge in [-0.1, -0.05) is 54.2 Å². The highest BCUT2D eigenvalue weighted by Gasteiger charge is 2.23. The summed E-state index contributed by atoms with van der Waals surface area (Å²) in [6, 6.07) is 15.1. The van der Waals surface area contributed by atoms with E-state index in [1.165, 1.54) is 23.6 Å². The van der Waals surface area contributed by atoms with Crippen LogP contribution in [-0.4, -0.2) is 20.4 Å². The number of hydrogen-bond donors (Lipinski definition) is 3. The third kappa shape index (κ3) is 6.29. The average Bonchev–Trinajstić information content (AvgIpc) is 2.94. The number of aromatic nitrogens is 3. The van der Waals surface area contributed by atoms with E-state index in [2.05, 4.69) is 15.3 Å². The third-order valence-electron chi connectivity index (χ3n) is 7.19. The number of carbonyl (C=O) groups excluding carboxylic acids is 1. The molecule has 1 aliphatic rings. The van der Waals surface area contributed by atoms with Crippen LogP contribution in [0.4, 0.5) is 11.4 Å². The van der Waals surface area contributed by atoms with Crippen molar-refractivity contribution in [2.75, 3.05) is 10.3 Å². The largest absolute Gasteiger partial charge is 0.388 e. The molecule has 1 amide bonds. The van der Waals surface area contributed by atoms with E-state index in [9.17, 15) is 9.59 Å². The van der Waals surface area contributed by atoms with Crippen molar-refractivity contribution in [2.45, 2.75) is 32.2 Å². The molecule has 0 radical (unpaired) electrons. The zero-order chi connectivity index (χ0) is 30.0. The molecule has 2 aromatic heterocycles. The summed E-state index contributed by atoms with van der Waals surface area (Å²) in [7, 11) is 0. The molecule has 2 atom stereocenters. The lowest BCUT2D eigenvalue weighted by molar-refractivity contribution is -0.119. The highest BCUT2D eigenvalue weighted by Crippen LogP contribution is 2.37. The summed E-state index contributed by atoms with van der Waals surface area (Å²) < 4.78 is 1.56. The molecule has 2 aromatic carbocycles. The monoisotopic (exact) mass is 623 g/mol. The summed E-state index contributed by atoms with van der Waals surface area (Å²) in [5, 5.41) is 5.18. The zero-order valence-corrected chi connectivity index (χ0v) is 24.9. The number of carbonyl (C=O) groups is 1. The molecule has 2 unspecified atom stereocenters. The maximum Gasteiger partial charge on any atom is 0.254 e. The Morgan fingerprint density at radius 1 is 1.10 bits per heavy atom. The van der Waals surface area contributed by atoms with Crippen molar-refractivity contribution >= 4 is 52.1 Å². The Morgan fingerprint density at radius 3 is 2.67 bits per heavy atom. The number of pyridine rings is 1. The topological polar surface area (TPSA) is 132 Å². The van der Waals surface area contributed by atoms with Gasteiger partial charge in [0, 0.05) is 34.3 Å². The molecule has 0 fully saturated rings. The normalized spacial score (nSPS) is 17.5. The Hall–Kier alpha value is -3.89.